The van der Waals surface area contributed by atoms with Crippen molar-refractivity contribution in [3.05, 3.63) is 67.2 Å². The number of carbonyl (C=O) groups is 2. The van der Waals surface area contributed by atoms with Crippen molar-refractivity contribution in [1.82, 2.24) is 9.97 Å². The number of nitrogens with one attached hydrogen (secondary N) is 2. The Morgan fingerprint density at radius 2 is 1.11 bits per heavy atom. The fraction of sp³-hybridized carbons (Fsp3) is 0.167. The van der Waals surface area contributed by atoms with Gasteiger partial charge in [0.2, 0.25) is 11.8 Å². The number of nitrogens with zero attached hydrogens (tertiary/aromatic N) is 2. The number of aromatic nitrogens is 2. The molecule has 0 radical (unpaired) electrons. The second-order valence-electron chi connectivity index (χ2n) is 7.63. The van der Waals surface area contributed by atoms with E-state index in [1.54, 1.807) is 36.4 Å². The van der Waals surface area contributed by atoms with E-state index >= 15 is 0 Å². The average Bonchev–Trinajstić information content (AvgIpc) is 3.46. The molecule has 4 aromatic rings. The van der Waals surface area contributed by atoms with Gasteiger partial charge in [-0.25, -0.2) is 9.97 Å². The molecular formula is C24H18Cl4N4O2S2. The van der Waals surface area contributed by atoms with Crippen molar-refractivity contribution in [2.24, 2.45) is 0 Å². The van der Waals surface area contributed by atoms with E-state index in [4.69, 9.17) is 46.4 Å². The highest BCUT2D eigenvalue weighted by molar-refractivity contribution is 7.14. The molecule has 2 amide bonds. The van der Waals surface area contributed by atoms with Crippen molar-refractivity contribution in [2.75, 3.05) is 10.6 Å². The Morgan fingerprint density at radius 3 is 1.50 bits per heavy atom. The van der Waals surface area contributed by atoms with Gasteiger partial charge in [-0.15, -0.1) is 22.7 Å². The highest BCUT2D eigenvalue weighted by Gasteiger charge is 2.13. The molecule has 0 aliphatic rings. The number of thiazole rings is 2. The van der Waals surface area contributed by atoms with Crippen LogP contribution in [0, 0.1) is 0 Å². The second kappa shape index (κ2) is 12.4. The molecule has 0 atom stereocenters. The lowest BCUT2D eigenvalue weighted by Crippen LogP contribution is -2.13. The normalized spacial score (nSPS) is 10.9. The summed E-state index contributed by atoms with van der Waals surface area (Å²) >= 11 is 27.0. The fourth-order valence-corrected chi connectivity index (χ4v) is 5.70. The van der Waals surface area contributed by atoms with Crippen molar-refractivity contribution in [3.63, 3.8) is 0 Å². The number of unbranched alkanes of at least 4 members (excludes halogenated alkanes) is 1. The second-order valence-corrected chi connectivity index (χ2v) is 11.0. The fourth-order valence-electron chi connectivity index (χ4n) is 3.24. The highest BCUT2D eigenvalue weighted by Crippen LogP contribution is 2.33. The van der Waals surface area contributed by atoms with Crippen molar-refractivity contribution < 1.29 is 9.59 Å². The van der Waals surface area contributed by atoms with Crippen LogP contribution in [-0.4, -0.2) is 21.8 Å². The van der Waals surface area contributed by atoms with Crippen LogP contribution in [0.25, 0.3) is 22.5 Å². The molecule has 0 aliphatic carbocycles. The molecule has 0 bridgehead atoms. The minimum Gasteiger partial charge on any atom is -0.302 e. The molecule has 2 aromatic carbocycles. The van der Waals surface area contributed by atoms with E-state index in [1.807, 2.05) is 10.8 Å². The number of carbonyl (C=O) groups excluding carboxylic acids is 2. The van der Waals surface area contributed by atoms with Gasteiger partial charge in [-0.1, -0.05) is 46.4 Å². The Hall–Kier alpha value is -2.20. The van der Waals surface area contributed by atoms with Gasteiger partial charge in [0, 0.05) is 44.8 Å². The molecule has 12 heteroatoms. The first kappa shape index (κ1) is 26.9. The lowest BCUT2D eigenvalue weighted by Gasteiger charge is -2.04. The van der Waals surface area contributed by atoms with Crippen molar-refractivity contribution in [1.29, 1.82) is 0 Å². The predicted molar refractivity (Wildman–Crippen MR) is 151 cm³/mol. The van der Waals surface area contributed by atoms with Gasteiger partial charge in [0.15, 0.2) is 10.3 Å². The average molecular weight is 600 g/mol. The summed E-state index contributed by atoms with van der Waals surface area (Å²) in [6.07, 6.45) is 1.68. The molecule has 2 aromatic heterocycles. The minimum absolute atomic E-state index is 0.164. The van der Waals surface area contributed by atoms with E-state index in [0.717, 1.165) is 11.1 Å². The number of benzene rings is 2. The van der Waals surface area contributed by atoms with Gasteiger partial charge < -0.3 is 10.6 Å². The van der Waals surface area contributed by atoms with E-state index in [0.29, 0.717) is 54.6 Å². The molecule has 0 unspecified atom stereocenters. The lowest BCUT2D eigenvalue weighted by atomic mass is 10.2. The van der Waals surface area contributed by atoms with Crippen LogP contribution >= 0.6 is 69.1 Å². The van der Waals surface area contributed by atoms with Crippen molar-refractivity contribution >= 4 is 91.2 Å². The van der Waals surface area contributed by atoms with Crippen LogP contribution in [0.3, 0.4) is 0 Å². The molecular weight excluding hydrogens is 582 g/mol. The van der Waals surface area contributed by atoms with E-state index in [1.165, 1.54) is 22.7 Å². The molecule has 0 fully saturated rings. The molecule has 36 heavy (non-hydrogen) atoms. The molecule has 0 saturated carbocycles. The summed E-state index contributed by atoms with van der Waals surface area (Å²) in [6.45, 7) is 0. The molecule has 2 N–H and O–H groups in total. The third kappa shape index (κ3) is 7.18. The maximum Gasteiger partial charge on any atom is 0.226 e. The summed E-state index contributed by atoms with van der Waals surface area (Å²) in [5, 5.41) is 12.3. The number of hydrogen-bond acceptors (Lipinski definition) is 6. The van der Waals surface area contributed by atoms with Gasteiger partial charge >= 0.3 is 0 Å². The maximum absolute atomic E-state index is 12.3. The van der Waals surface area contributed by atoms with E-state index in [2.05, 4.69) is 20.6 Å². The Bertz CT molecular complexity index is 1300. The molecule has 6 nitrogen and oxygen atoms in total. The van der Waals surface area contributed by atoms with Crippen LogP contribution < -0.4 is 10.6 Å². The van der Waals surface area contributed by atoms with Gasteiger partial charge in [0.05, 0.1) is 21.4 Å². The summed E-state index contributed by atoms with van der Waals surface area (Å²) in [5.74, 6) is -0.328. The maximum atomic E-state index is 12.3. The summed E-state index contributed by atoms with van der Waals surface area (Å²) in [7, 11) is 0. The Balaban J connectivity index is 1.19. The Labute approximate surface area is 235 Å². The molecule has 0 spiro atoms. The number of hydrogen-bond donors (Lipinski definition) is 2. The van der Waals surface area contributed by atoms with E-state index < -0.39 is 0 Å². The first-order valence-electron chi connectivity index (χ1n) is 10.7. The van der Waals surface area contributed by atoms with E-state index in [9.17, 15) is 9.59 Å². The van der Waals surface area contributed by atoms with Gasteiger partial charge in [-0.05, 0) is 49.2 Å². The first-order chi connectivity index (χ1) is 17.3. The third-order valence-electron chi connectivity index (χ3n) is 4.97. The zero-order valence-corrected chi connectivity index (χ0v) is 23.1. The quantitative estimate of drug-likeness (QED) is 0.188. The molecule has 0 aliphatic heterocycles. The smallest absolute Gasteiger partial charge is 0.226 e. The Kier molecular flexibility index (Phi) is 9.22. The zero-order valence-electron chi connectivity index (χ0n) is 18.5. The number of amides is 2. The largest absolute Gasteiger partial charge is 0.302 e. The topological polar surface area (TPSA) is 84.0 Å². The lowest BCUT2D eigenvalue weighted by molar-refractivity contribution is -0.118. The molecule has 186 valence electrons. The standard InChI is InChI=1S/C24H18Cl4N4O2S2/c25-13-5-7-15(17(27)9-13)19-11-35-23(29-19)31-21(33)3-1-2-4-22(34)32-24-30-20(12-36-24)16-8-6-14(26)10-18(16)28/h5-12H,1-4H2,(H,29,31,33)(H,30,32,34). The summed E-state index contributed by atoms with van der Waals surface area (Å²) in [6, 6.07) is 10.3. The van der Waals surface area contributed by atoms with Crippen molar-refractivity contribution in [3.8, 4) is 22.5 Å². The van der Waals surface area contributed by atoms with Gasteiger partial charge in [-0.3, -0.25) is 9.59 Å². The van der Waals surface area contributed by atoms with Gasteiger partial charge in [-0.2, -0.15) is 0 Å². The minimum atomic E-state index is -0.164. The summed E-state index contributed by atoms with van der Waals surface area (Å²) in [4.78, 5) is 33.4. The van der Waals surface area contributed by atoms with Crippen LogP contribution in [0.1, 0.15) is 25.7 Å². The Morgan fingerprint density at radius 1 is 0.694 bits per heavy atom. The molecule has 2 heterocycles. The highest BCUT2D eigenvalue weighted by atomic mass is 35.5. The predicted octanol–water partition coefficient (Wildman–Crippen LogP) is 8.68. The third-order valence-corrected chi connectivity index (χ3v) is 7.58. The molecule has 4 rings (SSSR count). The van der Waals surface area contributed by atoms with Crippen LogP contribution in [0.15, 0.2) is 47.2 Å². The van der Waals surface area contributed by atoms with Gasteiger partial charge in [0.25, 0.3) is 0 Å². The first-order valence-corrected chi connectivity index (χ1v) is 14.0. The van der Waals surface area contributed by atoms with Crippen molar-refractivity contribution in [2.45, 2.75) is 25.7 Å². The van der Waals surface area contributed by atoms with Crippen LogP contribution in [0.2, 0.25) is 20.1 Å². The summed E-state index contributed by atoms with van der Waals surface area (Å²) in [5.41, 5.74) is 2.81. The number of rotatable bonds is 9. The van der Waals surface area contributed by atoms with E-state index in [-0.39, 0.29) is 24.7 Å². The SMILES string of the molecule is O=C(CCCCC(=O)Nc1nc(-c2ccc(Cl)cc2Cl)cs1)Nc1nc(-c2ccc(Cl)cc2Cl)cs1. The number of anilines is 2. The monoisotopic (exact) mass is 598 g/mol. The summed E-state index contributed by atoms with van der Waals surface area (Å²) < 4.78 is 0. The molecule has 0 saturated heterocycles. The number of halogens is 4. The van der Waals surface area contributed by atoms with Crippen LogP contribution in [-0.2, 0) is 9.59 Å². The van der Waals surface area contributed by atoms with Crippen LogP contribution in [0.5, 0.6) is 0 Å². The van der Waals surface area contributed by atoms with Gasteiger partial charge in [0.1, 0.15) is 0 Å². The van der Waals surface area contributed by atoms with Crippen LogP contribution in [0.4, 0.5) is 10.3 Å². The zero-order chi connectivity index (χ0) is 25.7.